The number of allylic oxidation sites excluding steroid dienone is 4. The molecule has 6 nitrogen and oxygen atoms in total. The topological polar surface area (TPSA) is 56.0 Å². The number of rotatable bonds is 4. The van der Waals surface area contributed by atoms with E-state index in [2.05, 4.69) is 10.2 Å². The maximum atomic E-state index is 13.3. The molecule has 2 aliphatic rings. The molecule has 3 unspecified atom stereocenters. The first kappa shape index (κ1) is 23.9. The fourth-order valence-corrected chi connectivity index (χ4v) is 4.72. The minimum atomic E-state index is -4.69. The molecule has 2 aromatic rings. The van der Waals surface area contributed by atoms with E-state index in [9.17, 15) is 18.0 Å². The van der Waals surface area contributed by atoms with Crippen LogP contribution in [0.2, 0.25) is 5.02 Å². The van der Waals surface area contributed by atoms with Crippen molar-refractivity contribution in [3.05, 3.63) is 46.5 Å². The highest BCUT2D eigenvalue weighted by molar-refractivity contribution is 6.32. The van der Waals surface area contributed by atoms with Gasteiger partial charge in [-0.2, -0.15) is 23.4 Å². The molecular formula is C22H24Cl2F3N5O. The SMILES string of the molecule is Cc1c(Cl)c(C(F)(F)F)nn1C1CCN(c2cnn(C3=CC(C)C(Cl)C=C3)c2C(C)C)C1=O. The van der Waals surface area contributed by atoms with Gasteiger partial charge < -0.3 is 4.90 Å². The summed E-state index contributed by atoms with van der Waals surface area (Å²) in [5, 5.41) is 7.61. The van der Waals surface area contributed by atoms with Gasteiger partial charge in [-0.1, -0.05) is 44.5 Å². The Morgan fingerprint density at radius 2 is 1.97 bits per heavy atom. The molecule has 1 saturated heterocycles. The molecular weight excluding hydrogens is 478 g/mol. The summed E-state index contributed by atoms with van der Waals surface area (Å²) in [6, 6.07) is -0.868. The van der Waals surface area contributed by atoms with Crippen molar-refractivity contribution in [1.82, 2.24) is 19.6 Å². The van der Waals surface area contributed by atoms with E-state index >= 15 is 0 Å². The summed E-state index contributed by atoms with van der Waals surface area (Å²) in [5.41, 5.74) is 1.28. The fourth-order valence-electron chi connectivity index (χ4n) is 4.34. The first-order chi connectivity index (χ1) is 15.4. The summed E-state index contributed by atoms with van der Waals surface area (Å²) >= 11 is 12.2. The van der Waals surface area contributed by atoms with Crippen LogP contribution in [0.25, 0.3) is 5.70 Å². The fraction of sp³-hybridized carbons (Fsp3) is 0.500. The van der Waals surface area contributed by atoms with Crippen LogP contribution in [0, 0.1) is 12.8 Å². The highest BCUT2D eigenvalue weighted by Gasteiger charge is 2.42. The number of hydrogen-bond acceptors (Lipinski definition) is 3. The molecule has 0 saturated carbocycles. The molecule has 0 bridgehead atoms. The van der Waals surface area contributed by atoms with Crippen molar-refractivity contribution >= 4 is 40.5 Å². The molecule has 178 valence electrons. The third-order valence-corrected chi connectivity index (χ3v) is 7.07. The van der Waals surface area contributed by atoms with E-state index in [1.165, 1.54) is 6.92 Å². The lowest BCUT2D eigenvalue weighted by atomic mass is 10.0. The van der Waals surface area contributed by atoms with Crippen molar-refractivity contribution in [3.63, 3.8) is 0 Å². The van der Waals surface area contributed by atoms with Crippen LogP contribution < -0.4 is 4.90 Å². The molecule has 0 spiro atoms. The van der Waals surface area contributed by atoms with E-state index < -0.39 is 22.9 Å². The summed E-state index contributed by atoms with van der Waals surface area (Å²) in [5.74, 6) is -0.187. The van der Waals surface area contributed by atoms with Crippen LogP contribution in [0.3, 0.4) is 0 Å². The Kier molecular flexibility index (Phi) is 6.16. The molecule has 1 fully saturated rings. The quantitative estimate of drug-likeness (QED) is 0.496. The standard InChI is InChI=1S/C22H24Cl2F3N5O/c1-11(2)19-17(10-28-32(19)14-5-6-15(23)12(3)9-14)30-8-7-16(21(30)33)31-13(4)18(24)20(29-31)22(25,26)27/h5-6,9-12,15-16H,7-8H2,1-4H3. The highest BCUT2D eigenvalue weighted by Crippen LogP contribution is 2.40. The molecule has 1 amide bonds. The number of aromatic nitrogens is 4. The lowest BCUT2D eigenvalue weighted by Crippen LogP contribution is -2.30. The van der Waals surface area contributed by atoms with Gasteiger partial charge in [0.1, 0.15) is 6.04 Å². The van der Waals surface area contributed by atoms with Gasteiger partial charge in [0.15, 0.2) is 5.69 Å². The number of halogens is 5. The lowest BCUT2D eigenvalue weighted by molar-refractivity contribution is -0.141. The molecule has 0 aromatic carbocycles. The lowest BCUT2D eigenvalue weighted by Gasteiger charge is -2.22. The molecule has 3 atom stereocenters. The third-order valence-electron chi connectivity index (χ3n) is 6.07. The molecule has 0 radical (unpaired) electrons. The number of carbonyl (C=O) groups excluding carboxylic acids is 1. The number of amides is 1. The van der Waals surface area contributed by atoms with Crippen LogP contribution in [0.15, 0.2) is 24.4 Å². The highest BCUT2D eigenvalue weighted by atomic mass is 35.5. The average Bonchev–Trinajstić information content (AvgIpc) is 3.40. The van der Waals surface area contributed by atoms with Crippen LogP contribution >= 0.6 is 23.2 Å². The summed E-state index contributed by atoms with van der Waals surface area (Å²) in [6.45, 7) is 7.79. The largest absolute Gasteiger partial charge is 0.436 e. The minimum Gasteiger partial charge on any atom is -0.307 e. The van der Waals surface area contributed by atoms with Gasteiger partial charge >= 0.3 is 6.18 Å². The first-order valence-electron chi connectivity index (χ1n) is 10.7. The van der Waals surface area contributed by atoms with Gasteiger partial charge in [-0.25, -0.2) is 4.68 Å². The van der Waals surface area contributed by atoms with E-state index in [1.54, 1.807) is 15.8 Å². The number of nitrogens with zero attached hydrogens (tertiary/aromatic N) is 5. The van der Waals surface area contributed by atoms with Crippen molar-refractivity contribution in [2.45, 2.75) is 57.6 Å². The zero-order chi connectivity index (χ0) is 24.2. The minimum absolute atomic E-state index is 0.0328. The molecule has 33 heavy (non-hydrogen) atoms. The summed E-state index contributed by atoms with van der Waals surface area (Å²) in [7, 11) is 0. The van der Waals surface area contributed by atoms with Crippen LogP contribution in [-0.4, -0.2) is 37.4 Å². The van der Waals surface area contributed by atoms with E-state index in [1.807, 2.05) is 39.0 Å². The van der Waals surface area contributed by atoms with Gasteiger partial charge in [0.25, 0.3) is 5.91 Å². The monoisotopic (exact) mass is 501 g/mol. The molecule has 0 N–H and O–H groups in total. The number of carbonyl (C=O) groups is 1. The summed E-state index contributed by atoms with van der Waals surface area (Å²) in [6.07, 6.45) is 3.09. The number of hydrogen-bond donors (Lipinski definition) is 0. The van der Waals surface area contributed by atoms with Gasteiger partial charge in [0, 0.05) is 6.54 Å². The molecule has 4 rings (SSSR count). The number of alkyl halides is 4. The maximum absolute atomic E-state index is 13.3. The molecule has 1 aliphatic heterocycles. The second-order valence-corrected chi connectivity index (χ2v) is 9.60. The smallest absolute Gasteiger partial charge is 0.307 e. The Balaban J connectivity index is 1.69. The van der Waals surface area contributed by atoms with Crippen molar-refractivity contribution in [2.24, 2.45) is 5.92 Å². The average molecular weight is 502 g/mol. The molecule has 11 heteroatoms. The summed E-state index contributed by atoms with van der Waals surface area (Å²) < 4.78 is 42.7. The zero-order valence-electron chi connectivity index (χ0n) is 18.6. The Morgan fingerprint density at radius 1 is 1.27 bits per heavy atom. The molecule has 1 aliphatic carbocycles. The van der Waals surface area contributed by atoms with Gasteiger partial charge in [-0.15, -0.1) is 11.6 Å². The predicted octanol–water partition coefficient (Wildman–Crippen LogP) is 5.82. The van der Waals surface area contributed by atoms with Crippen LogP contribution in [0.4, 0.5) is 18.9 Å². The predicted molar refractivity (Wildman–Crippen MR) is 122 cm³/mol. The van der Waals surface area contributed by atoms with Gasteiger partial charge in [-0.3, -0.25) is 9.48 Å². The van der Waals surface area contributed by atoms with Crippen LogP contribution in [-0.2, 0) is 11.0 Å². The molecule has 3 heterocycles. The normalized spacial score (nSPS) is 23.7. The Labute approximate surface area is 199 Å². The molecule has 2 aromatic heterocycles. The Hall–Kier alpha value is -2.26. The second kappa shape index (κ2) is 8.51. The van der Waals surface area contributed by atoms with E-state index in [0.29, 0.717) is 18.7 Å². The Morgan fingerprint density at radius 3 is 2.55 bits per heavy atom. The van der Waals surface area contributed by atoms with Gasteiger partial charge in [-0.05, 0) is 31.3 Å². The van der Waals surface area contributed by atoms with E-state index in [0.717, 1.165) is 16.1 Å². The van der Waals surface area contributed by atoms with Crippen LogP contribution in [0.5, 0.6) is 0 Å². The second-order valence-electron chi connectivity index (χ2n) is 8.72. The van der Waals surface area contributed by atoms with Crippen molar-refractivity contribution in [3.8, 4) is 0 Å². The number of anilines is 1. The third kappa shape index (κ3) is 4.10. The Bertz CT molecular complexity index is 1150. The van der Waals surface area contributed by atoms with E-state index in [-0.39, 0.29) is 28.8 Å². The zero-order valence-corrected chi connectivity index (χ0v) is 20.1. The maximum Gasteiger partial charge on any atom is 0.436 e. The van der Waals surface area contributed by atoms with Gasteiger partial charge in [0.05, 0.1) is 39.4 Å². The first-order valence-corrected chi connectivity index (χ1v) is 11.5. The van der Waals surface area contributed by atoms with Gasteiger partial charge in [0.2, 0.25) is 0 Å². The van der Waals surface area contributed by atoms with Crippen molar-refractivity contribution in [1.29, 1.82) is 0 Å². The summed E-state index contributed by atoms with van der Waals surface area (Å²) in [4.78, 5) is 14.9. The van der Waals surface area contributed by atoms with Crippen LogP contribution in [0.1, 0.15) is 56.2 Å². The van der Waals surface area contributed by atoms with Crippen molar-refractivity contribution < 1.29 is 18.0 Å². The van der Waals surface area contributed by atoms with Crippen molar-refractivity contribution in [2.75, 3.05) is 11.4 Å². The van der Waals surface area contributed by atoms with E-state index in [4.69, 9.17) is 23.2 Å².